The van der Waals surface area contributed by atoms with Crippen molar-refractivity contribution in [1.82, 2.24) is 25.7 Å². The molecule has 0 saturated carbocycles. The van der Waals surface area contributed by atoms with Gasteiger partial charge >= 0.3 is 11.8 Å². The van der Waals surface area contributed by atoms with Crippen LogP contribution >= 0.6 is 0 Å². The first kappa shape index (κ1) is 22.0. The van der Waals surface area contributed by atoms with E-state index in [0.29, 0.717) is 24.5 Å². The summed E-state index contributed by atoms with van der Waals surface area (Å²) >= 11 is 0. The van der Waals surface area contributed by atoms with Crippen molar-refractivity contribution in [1.29, 1.82) is 0 Å². The summed E-state index contributed by atoms with van der Waals surface area (Å²) in [5.74, 6) is -0.908. The molecule has 1 saturated heterocycles. The van der Waals surface area contributed by atoms with Crippen molar-refractivity contribution >= 4 is 23.5 Å². The lowest BCUT2D eigenvalue weighted by molar-refractivity contribution is -0.136. The van der Waals surface area contributed by atoms with Crippen LogP contribution in [0.4, 0.5) is 5.82 Å². The molecule has 1 aliphatic carbocycles. The molecule has 2 atom stereocenters. The number of carbonyl (C=O) groups is 3. The zero-order valence-electron chi connectivity index (χ0n) is 18.0. The number of carbonyl (C=O) groups excluding carboxylic acids is 3. The Morgan fingerprint density at radius 3 is 2.80 bits per heavy atom. The van der Waals surface area contributed by atoms with Gasteiger partial charge in [-0.3, -0.25) is 19.7 Å². The topological polar surface area (TPSA) is 117 Å². The minimum absolute atomic E-state index is 0.00537. The van der Waals surface area contributed by atoms with E-state index in [0.717, 1.165) is 19.3 Å². The maximum absolute atomic E-state index is 12.4. The van der Waals surface area contributed by atoms with Gasteiger partial charge in [0.05, 0.1) is 5.69 Å². The molecule has 4 N–H and O–H groups in total. The quantitative estimate of drug-likeness (QED) is 0.416. The summed E-state index contributed by atoms with van der Waals surface area (Å²) in [6.07, 6.45) is 7.36. The Kier molecular flexibility index (Phi) is 7.25. The third-order valence-electron chi connectivity index (χ3n) is 5.55. The second kappa shape index (κ2) is 9.88. The fraction of sp³-hybridized carbons (Fsp3) is 0.619. The van der Waals surface area contributed by atoms with Crippen molar-refractivity contribution in [3.63, 3.8) is 0 Å². The van der Waals surface area contributed by atoms with E-state index in [1.807, 2.05) is 13.8 Å². The zero-order chi connectivity index (χ0) is 21.7. The lowest BCUT2D eigenvalue weighted by Crippen LogP contribution is -2.55. The molecule has 1 aromatic rings. The largest absolute Gasteiger partial charge is 0.348 e. The first-order valence-electron chi connectivity index (χ1n) is 10.7. The molecular formula is C21H32N6O3. The van der Waals surface area contributed by atoms with Crippen molar-refractivity contribution in [3.05, 3.63) is 23.4 Å². The van der Waals surface area contributed by atoms with Gasteiger partial charge in [0, 0.05) is 25.1 Å². The highest BCUT2D eigenvalue weighted by Crippen LogP contribution is 2.20. The van der Waals surface area contributed by atoms with Gasteiger partial charge in [0.15, 0.2) is 6.29 Å². The van der Waals surface area contributed by atoms with Crippen molar-refractivity contribution in [2.45, 2.75) is 71.6 Å². The molecule has 0 radical (unpaired) electrons. The highest BCUT2D eigenvalue weighted by atomic mass is 16.2. The van der Waals surface area contributed by atoms with Gasteiger partial charge in [-0.2, -0.15) is 5.10 Å². The Hall–Kier alpha value is -2.68. The normalized spacial score (nSPS) is 21.7. The molecule has 1 aromatic heterocycles. The smallest absolute Gasteiger partial charge is 0.314 e. The number of allylic oxidation sites excluding steroid dienone is 1. The van der Waals surface area contributed by atoms with Crippen molar-refractivity contribution in [2.24, 2.45) is 5.92 Å². The number of amides is 3. The van der Waals surface area contributed by atoms with Crippen LogP contribution in [-0.2, 0) is 14.4 Å². The monoisotopic (exact) mass is 416 g/mol. The molecule has 0 bridgehead atoms. The summed E-state index contributed by atoms with van der Waals surface area (Å²) < 4.78 is 1.50. The Morgan fingerprint density at radius 1 is 1.30 bits per heavy atom. The number of hydrogen-bond donors (Lipinski definition) is 4. The van der Waals surface area contributed by atoms with Gasteiger partial charge in [-0.15, -0.1) is 0 Å². The minimum atomic E-state index is -0.753. The molecule has 9 heteroatoms. The summed E-state index contributed by atoms with van der Waals surface area (Å²) in [6.45, 7) is 6.30. The van der Waals surface area contributed by atoms with Gasteiger partial charge in [0.1, 0.15) is 5.82 Å². The van der Waals surface area contributed by atoms with Crippen LogP contribution in [0.3, 0.4) is 0 Å². The third-order valence-corrected chi connectivity index (χ3v) is 5.55. The van der Waals surface area contributed by atoms with Crippen LogP contribution in [0.1, 0.15) is 64.4 Å². The van der Waals surface area contributed by atoms with Crippen molar-refractivity contribution in [2.75, 3.05) is 11.9 Å². The summed E-state index contributed by atoms with van der Waals surface area (Å²) in [5.41, 5.74) is 2.01. The maximum Gasteiger partial charge on any atom is 0.314 e. The highest BCUT2D eigenvalue weighted by molar-refractivity contribution is 6.39. The summed E-state index contributed by atoms with van der Waals surface area (Å²) in [5, 5.41) is 15.9. The predicted octanol–water partition coefficient (Wildman–Crippen LogP) is 1.73. The van der Waals surface area contributed by atoms with Gasteiger partial charge in [0.2, 0.25) is 5.91 Å². The van der Waals surface area contributed by atoms with Gasteiger partial charge < -0.3 is 16.0 Å². The van der Waals surface area contributed by atoms with E-state index >= 15 is 0 Å². The van der Waals surface area contributed by atoms with Crippen LogP contribution in [0.15, 0.2) is 17.7 Å². The van der Waals surface area contributed by atoms with E-state index in [1.54, 1.807) is 13.0 Å². The maximum atomic E-state index is 12.4. The Bertz CT molecular complexity index is 829. The molecule has 0 spiro atoms. The van der Waals surface area contributed by atoms with Crippen LogP contribution < -0.4 is 21.3 Å². The number of hydrogen-bond acceptors (Lipinski definition) is 5. The van der Waals surface area contributed by atoms with Gasteiger partial charge in [-0.1, -0.05) is 25.5 Å². The van der Waals surface area contributed by atoms with Crippen LogP contribution in [0, 0.1) is 12.8 Å². The van der Waals surface area contributed by atoms with E-state index < -0.39 is 18.1 Å². The van der Waals surface area contributed by atoms with Crippen LogP contribution in [0.25, 0.3) is 0 Å². The number of nitrogens with one attached hydrogen (secondary N) is 4. The molecule has 164 valence electrons. The average Bonchev–Trinajstić information content (AvgIpc) is 3.08. The van der Waals surface area contributed by atoms with Crippen molar-refractivity contribution < 1.29 is 14.4 Å². The molecule has 0 aromatic carbocycles. The van der Waals surface area contributed by atoms with E-state index in [9.17, 15) is 14.4 Å². The lowest BCUT2D eigenvalue weighted by atomic mass is 9.97. The van der Waals surface area contributed by atoms with E-state index in [4.69, 9.17) is 0 Å². The number of anilines is 1. The number of aromatic nitrogens is 2. The number of rotatable bonds is 6. The SMILES string of the molecule is Cc1cc(NC(=O)C(=O)NCCC2=CCCCC2)n(C2NC(=O)CC(C(C)C)N2)n1. The summed E-state index contributed by atoms with van der Waals surface area (Å²) in [7, 11) is 0. The molecular weight excluding hydrogens is 384 g/mol. The average molecular weight is 417 g/mol. The third kappa shape index (κ3) is 5.69. The fourth-order valence-corrected chi connectivity index (χ4v) is 3.80. The molecule has 9 nitrogen and oxygen atoms in total. The highest BCUT2D eigenvalue weighted by Gasteiger charge is 2.30. The first-order valence-corrected chi connectivity index (χ1v) is 10.7. The fourth-order valence-electron chi connectivity index (χ4n) is 3.80. The van der Waals surface area contributed by atoms with Crippen molar-refractivity contribution in [3.8, 4) is 0 Å². The molecule has 2 unspecified atom stereocenters. The molecule has 30 heavy (non-hydrogen) atoms. The number of aryl methyl sites for hydroxylation is 1. The summed E-state index contributed by atoms with van der Waals surface area (Å²) in [6, 6.07) is 1.67. The lowest BCUT2D eigenvalue weighted by Gasteiger charge is -2.34. The number of nitrogens with zero attached hydrogens (tertiary/aromatic N) is 2. The molecule has 3 rings (SSSR count). The predicted molar refractivity (Wildman–Crippen MR) is 113 cm³/mol. The van der Waals surface area contributed by atoms with Gasteiger partial charge in [0.25, 0.3) is 0 Å². The first-order chi connectivity index (χ1) is 14.3. The van der Waals surface area contributed by atoms with E-state index in [2.05, 4.69) is 32.4 Å². The van der Waals surface area contributed by atoms with Gasteiger partial charge in [-0.25, -0.2) is 4.68 Å². The Labute approximate surface area is 177 Å². The van der Waals surface area contributed by atoms with Crippen LogP contribution in [0.5, 0.6) is 0 Å². The van der Waals surface area contributed by atoms with Crippen LogP contribution in [0.2, 0.25) is 0 Å². The Balaban J connectivity index is 1.59. The minimum Gasteiger partial charge on any atom is -0.348 e. The van der Waals surface area contributed by atoms with E-state index in [-0.39, 0.29) is 17.9 Å². The van der Waals surface area contributed by atoms with Gasteiger partial charge in [-0.05, 0) is 44.9 Å². The molecule has 1 fully saturated rings. The molecule has 3 amide bonds. The van der Waals surface area contributed by atoms with E-state index in [1.165, 1.54) is 23.1 Å². The Morgan fingerprint density at radius 2 is 2.10 bits per heavy atom. The second-order valence-electron chi connectivity index (χ2n) is 8.38. The zero-order valence-corrected chi connectivity index (χ0v) is 18.0. The standard InChI is InChI=1S/C21H32N6O3/c1-13(2)16-12-18(28)25-21(23-16)27-17(11-14(3)26-27)24-20(30)19(29)22-10-9-15-7-5-4-6-8-15/h7,11,13,16,21,23H,4-6,8-10,12H2,1-3H3,(H,22,29)(H,24,30)(H,25,28). The summed E-state index contributed by atoms with van der Waals surface area (Å²) in [4.78, 5) is 36.7. The van der Waals surface area contributed by atoms with Crippen LogP contribution in [-0.4, -0.2) is 40.1 Å². The molecule has 2 aliphatic rings. The second-order valence-corrected chi connectivity index (χ2v) is 8.38. The molecule has 1 aliphatic heterocycles. The molecule has 2 heterocycles.